The zero-order valence-electron chi connectivity index (χ0n) is 14.3. The summed E-state index contributed by atoms with van der Waals surface area (Å²) in [5, 5.41) is 2.87. The van der Waals surface area contributed by atoms with Crippen LogP contribution in [0.3, 0.4) is 0 Å². The number of thioether (sulfide) groups is 1. The molecule has 2 atom stereocenters. The van der Waals surface area contributed by atoms with Gasteiger partial charge in [-0.05, 0) is 30.9 Å². The number of nitrogens with zero attached hydrogens (tertiary/aromatic N) is 1. The van der Waals surface area contributed by atoms with E-state index in [2.05, 4.69) is 38.2 Å². The second kappa shape index (κ2) is 7.86. The van der Waals surface area contributed by atoms with Crippen LogP contribution in [0.5, 0.6) is 0 Å². The maximum absolute atomic E-state index is 12.5. The van der Waals surface area contributed by atoms with Crippen molar-refractivity contribution in [2.24, 2.45) is 5.92 Å². The van der Waals surface area contributed by atoms with Gasteiger partial charge in [0, 0.05) is 19.5 Å². The van der Waals surface area contributed by atoms with Gasteiger partial charge in [-0.2, -0.15) is 0 Å². The molecule has 0 spiro atoms. The summed E-state index contributed by atoms with van der Waals surface area (Å²) < 4.78 is 0. The molecule has 0 aromatic heterocycles. The molecule has 126 valence electrons. The second-order valence-electron chi connectivity index (χ2n) is 6.47. The van der Waals surface area contributed by atoms with Gasteiger partial charge in [0.15, 0.2) is 0 Å². The van der Waals surface area contributed by atoms with Crippen LogP contribution < -0.4 is 5.32 Å². The van der Waals surface area contributed by atoms with Crippen LogP contribution in [0.4, 0.5) is 0 Å². The number of hydrogen-bond donors (Lipinski definition) is 1. The molecule has 1 N–H and O–H groups in total. The normalized spacial score (nSPS) is 21.1. The molecule has 2 amide bonds. The highest BCUT2D eigenvalue weighted by atomic mass is 32.2. The molecule has 0 saturated carbocycles. The van der Waals surface area contributed by atoms with Crippen molar-refractivity contribution < 1.29 is 9.59 Å². The molecule has 0 aliphatic carbocycles. The molecule has 5 heteroatoms. The van der Waals surface area contributed by atoms with E-state index >= 15 is 0 Å². The molecule has 1 heterocycles. The number of rotatable bonds is 6. The minimum Gasteiger partial charge on any atom is -0.356 e. The van der Waals surface area contributed by atoms with Gasteiger partial charge in [-0.15, -0.1) is 11.8 Å². The summed E-state index contributed by atoms with van der Waals surface area (Å²) in [6.07, 6.45) is 0.355. The zero-order valence-corrected chi connectivity index (χ0v) is 15.2. The summed E-state index contributed by atoms with van der Waals surface area (Å²) in [6, 6.07) is 8.15. The standard InChI is InChI=1S/C18H26N2O2S/c1-12(2)11-19-16(21)9-10-20-17(22)14(4)23-18(20)15-8-6-5-7-13(15)3/h5-8,12,14,18H,9-11H2,1-4H3,(H,19,21)/t14-,18-/m1/s1. The quantitative estimate of drug-likeness (QED) is 0.869. The van der Waals surface area contributed by atoms with E-state index in [4.69, 9.17) is 0 Å². The first-order valence-corrected chi connectivity index (χ1v) is 9.12. The molecule has 1 aromatic rings. The lowest BCUT2D eigenvalue weighted by molar-refractivity contribution is -0.130. The van der Waals surface area contributed by atoms with Crippen LogP contribution in [0.1, 0.15) is 43.7 Å². The smallest absolute Gasteiger partial charge is 0.236 e. The van der Waals surface area contributed by atoms with Crippen molar-refractivity contribution >= 4 is 23.6 Å². The highest BCUT2D eigenvalue weighted by Crippen LogP contribution is 2.43. The average molecular weight is 334 g/mol. The Kier molecular flexibility index (Phi) is 6.10. The molecule has 23 heavy (non-hydrogen) atoms. The molecule has 1 fully saturated rings. The maximum atomic E-state index is 12.5. The highest BCUT2D eigenvalue weighted by molar-refractivity contribution is 8.01. The van der Waals surface area contributed by atoms with E-state index in [1.165, 1.54) is 5.56 Å². The van der Waals surface area contributed by atoms with E-state index in [1.54, 1.807) is 11.8 Å². The lowest BCUT2D eigenvalue weighted by atomic mass is 10.1. The monoisotopic (exact) mass is 334 g/mol. The number of hydrogen-bond acceptors (Lipinski definition) is 3. The molecule has 1 aliphatic rings. The Balaban J connectivity index is 2.04. The molecule has 0 unspecified atom stereocenters. The van der Waals surface area contributed by atoms with Crippen molar-refractivity contribution in [2.75, 3.05) is 13.1 Å². The lowest BCUT2D eigenvalue weighted by Crippen LogP contribution is -2.35. The molecule has 2 rings (SSSR count). The molecule has 0 radical (unpaired) electrons. The largest absolute Gasteiger partial charge is 0.356 e. The van der Waals surface area contributed by atoms with Crippen LogP contribution in [-0.2, 0) is 9.59 Å². The van der Waals surface area contributed by atoms with E-state index < -0.39 is 0 Å². The molecular formula is C18H26N2O2S. The fourth-order valence-corrected chi connectivity index (χ4v) is 4.04. The summed E-state index contributed by atoms with van der Waals surface area (Å²) in [7, 11) is 0. The van der Waals surface area contributed by atoms with Crippen molar-refractivity contribution in [3.8, 4) is 0 Å². The van der Waals surface area contributed by atoms with Gasteiger partial charge < -0.3 is 10.2 Å². The fraction of sp³-hybridized carbons (Fsp3) is 0.556. The van der Waals surface area contributed by atoms with E-state index in [0.29, 0.717) is 25.4 Å². The van der Waals surface area contributed by atoms with E-state index in [0.717, 1.165) is 5.56 Å². The Morgan fingerprint density at radius 3 is 2.70 bits per heavy atom. The van der Waals surface area contributed by atoms with Crippen molar-refractivity contribution in [3.05, 3.63) is 35.4 Å². The first-order chi connectivity index (χ1) is 10.9. The SMILES string of the molecule is Cc1ccccc1[C@H]1S[C@H](C)C(=O)N1CCC(=O)NCC(C)C. The molecule has 4 nitrogen and oxygen atoms in total. The van der Waals surface area contributed by atoms with Gasteiger partial charge in [-0.1, -0.05) is 38.1 Å². The maximum Gasteiger partial charge on any atom is 0.236 e. The Hall–Kier alpha value is -1.49. The number of carbonyl (C=O) groups excluding carboxylic acids is 2. The number of nitrogens with one attached hydrogen (secondary N) is 1. The van der Waals surface area contributed by atoms with Crippen LogP contribution in [0, 0.1) is 12.8 Å². The summed E-state index contributed by atoms with van der Waals surface area (Å²) in [4.78, 5) is 26.3. The zero-order chi connectivity index (χ0) is 17.0. The van der Waals surface area contributed by atoms with Gasteiger partial charge >= 0.3 is 0 Å². The third-order valence-corrected chi connectivity index (χ3v) is 5.36. The predicted octanol–water partition coefficient (Wildman–Crippen LogP) is 3.12. The molecular weight excluding hydrogens is 308 g/mol. The first-order valence-electron chi connectivity index (χ1n) is 8.18. The van der Waals surface area contributed by atoms with Crippen LogP contribution in [-0.4, -0.2) is 35.1 Å². The summed E-state index contributed by atoms with van der Waals surface area (Å²) in [5.74, 6) is 0.571. The van der Waals surface area contributed by atoms with Crippen LogP contribution in [0.15, 0.2) is 24.3 Å². The summed E-state index contributed by atoms with van der Waals surface area (Å²) >= 11 is 1.66. The van der Waals surface area contributed by atoms with E-state index in [1.807, 2.05) is 24.0 Å². The third-order valence-electron chi connectivity index (χ3n) is 3.99. The van der Waals surface area contributed by atoms with Gasteiger partial charge in [0.2, 0.25) is 11.8 Å². The number of amides is 2. The summed E-state index contributed by atoms with van der Waals surface area (Å²) in [6.45, 7) is 9.29. The van der Waals surface area contributed by atoms with Crippen molar-refractivity contribution in [2.45, 2.75) is 44.7 Å². The highest BCUT2D eigenvalue weighted by Gasteiger charge is 2.38. The second-order valence-corrected chi connectivity index (χ2v) is 7.89. The third kappa shape index (κ3) is 4.50. The Morgan fingerprint density at radius 2 is 2.04 bits per heavy atom. The average Bonchev–Trinajstić information content (AvgIpc) is 2.79. The topological polar surface area (TPSA) is 49.4 Å². The lowest BCUT2D eigenvalue weighted by Gasteiger charge is -2.25. The Bertz CT molecular complexity index is 574. The Labute approximate surface area is 143 Å². The minimum atomic E-state index is -0.0571. The molecule has 1 aliphatic heterocycles. The van der Waals surface area contributed by atoms with Crippen LogP contribution in [0.2, 0.25) is 0 Å². The Morgan fingerprint density at radius 1 is 1.35 bits per heavy atom. The summed E-state index contributed by atoms with van der Waals surface area (Å²) in [5.41, 5.74) is 2.35. The molecule has 1 aromatic carbocycles. The minimum absolute atomic E-state index is 0.0107. The van der Waals surface area contributed by atoms with Crippen molar-refractivity contribution in [1.29, 1.82) is 0 Å². The number of benzene rings is 1. The van der Waals surface area contributed by atoms with Gasteiger partial charge in [0.1, 0.15) is 5.37 Å². The van der Waals surface area contributed by atoms with Gasteiger partial charge in [-0.3, -0.25) is 9.59 Å². The van der Waals surface area contributed by atoms with Crippen molar-refractivity contribution in [1.82, 2.24) is 10.2 Å². The van der Waals surface area contributed by atoms with Gasteiger partial charge in [0.05, 0.1) is 5.25 Å². The number of aryl methyl sites for hydroxylation is 1. The fourth-order valence-electron chi connectivity index (χ4n) is 2.63. The van der Waals surface area contributed by atoms with Crippen LogP contribution in [0.25, 0.3) is 0 Å². The first kappa shape index (κ1) is 17.9. The molecule has 0 bridgehead atoms. The van der Waals surface area contributed by atoms with E-state index in [-0.39, 0.29) is 22.4 Å². The number of carbonyl (C=O) groups is 2. The van der Waals surface area contributed by atoms with Crippen LogP contribution >= 0.6 is 11.8 Å². The van der Waals surface area contributed by atoms with Gasteiger partial charge in [0.25, 0.3) is 0 Å². The molecule has 1 saturated heterocycles. The predicted molar refractivity (Wildman–Crippen MR) is 95.2 cm³/mol. The van der Waals surface area contributed by atoms with E-state index in [9.17, 15) is 9.59 Å². The van der Waals surface area contributed by atoms with Gasteiger partial charge in [-0.25, -0.2) is 0 Å². The van der Waals surface area contributed by atoms with Crippen molar-refractivity contribution in [3.63, 3.8) is 0 Å².